The number of carbonyl (C=O) groups is 1. The number of benzene rings is 1. The van der Waals surface area contributed by atoms with Gasteiger partial charge in [-0.15, -0.1) is 0 Å². The van der Waals surface area contributed by atoms with Crippen LogP contribution in [0.4, 0.5) is 0 Å². The zero-order chi connectivity index (χ0) is 15.5. The molecule has 1 aromatic rings. The second-order valence-electron chi connectivity index (χ2n) is 5.58. The number of phenolic OH excluding ortho intramolecular Hbond substituents is 2. The molecule has 0 amide bonds. The number of aromatic hydroxyl groups is 2. The van der Waals surface area contributed by atoms with Gasteiger partial charge in [0.1, 0.15) is 29.9 Å². The Morgan fingerprint density at radius 2 is 1.85 bits per heavy atom. The zero-order valence-electron chi connectivity index (χ0n) is 11.1. The third-order valence-corrected chi connectivity index (χ3v) is 3.07. The summed E-state index contributed by atoms with van der Waals surface area (Å²) in [6, 6.07) is 0. The number of hydrogen-bond acceptors (Lipinski definition) is 6. The van der Waals surface area contributed by atoms with Crippen molar-refractivity contribution < 1.29 is 24.9 Å². The molecule has 0 spiro atoms. The number of hydrogen-bond donors (Lipinski definition) is 4. The zero-order valence-corrected chi connectivity index (χ0v) is 11.9. The van der Waals surface area contributed by atoms with Crippen molar-refractivity contribution in [1.82, 2.24) is 5.32 Å². The molecule has 8 heteroatoms. The lowest BCUT2D eigenvalue weighted by molar-refractivity contribution is -0.127. The molecule has 1 heterocycles. The van der Waals surface area contributed by atoms with Crippen molar-refractivity contribution in [2.75, 3.05) is 0 Å². The quantitative estimate of drug-likeness (QED) is 0.435. The number of ether oxygens (including phenoxy) is 1. The predicted molar refractivity (Wildman–Crippen MR) is 73.0 cm³/mol. The Hall–Kier alpha value is -1.44. The van der Waals surface area contributed by atoms with Gasteiger partial charge in [0, 0.05) is 5.54 Å². The molecule has 1 aromatic carbocycles. The number of fused-ring (bicyclic) bond motifs is 1. The van der Waals surface area contributed by atoms with Gasteiger partial charge in [-0.05, 0) is 26.2 Å². The Kier molecular flexibility index (Phi) is 3.20. The first kappa shape index (κ1) is 15.0. The molecule has 0 fully saturated rings. The van der Waals surface area contributed by atoms with Crippen LogP contribution in [0.2, 0.25) is 5.02 Å². The molecular weight excluding hydrogens is 284 g/mol. The van der Waals surface area contributed by atoms with Gasteiger partial charge in [0.05, 0.1) is 0 Å². The molecule has 0 saturated heterocycles. The SMILES string of the molecule is [B]c1c(O)c(Cl)c(O)c2c1OC(O)(NC(C)(C)C)C2=O. The fraction of sp³-hybridized carbons (Fsp3) is 0.417. The third kappa shape index (κ3) is 2.11. The van der Waals surface area contributed by atoms with Crippen LogP contribution in [0.1, 0.15) is 31.1 Å². The number of Topliss-reactive ketones (excluding diaryl/α,β-unsaturated/α-hetero) is 1. The molecule has 106 valence electrons. The van der Waals surface area contributed by atoms with Crippen molar-refractivity contribution in [2.45, 2.75) is 32.2 Å². The van der Waals surface area contributed by atoms with Crippen molar-refractivity contribution in [3.05, 3.63) is 10.6 Å². The highest BCUT2D eigenvalue weighted by Gasteiger charge is 2.51. The lowest BCUT2D eigenvalue weighted by Gasteiger charge is -2.30. The summed E-state index contributed by atoms with van der Waals surface area (Å²) in [6.07, 6.45) is 0. The van der Waals surface area contributed by atoms with Crippen molar-refractivity contribution in [3.8, 4) is 17.2 Å². The molecule has 2 rings (SSSR count). The van der Waals surface area contributed by atoms with E-state index in [1.54, 1.807) is 20.8 Å². The van der Waals surface area contributed by atoms with Gasteiger partial charge >= 0.3 is 5.91 Å². The number of carbonyl (C=O) groups excluding carboxylic acids is 1. The van der Waals surface area contributed by atoms with Crippen LogP contribution in [-0.2, 0) is 0 Å². The summed E-state index contributed by atoms with van der Waals surface area (Å²) in [5.41, 5.74) is -1.37. The van der Waals surface area contributed by atoms with Crippen LogP contribution in [-0.4, -0.2) is 40.4 Å². The molecule has 1 aliphatic heterocycles. The van der Waals surface area contributed by atoms with E-state index in [0.29, 0.717) is 0 Å². The minimum atomic E-state index is -2.39. The van der Waals surface area contributed by atoms with E-state index in [1.165, 1.54) is 0 Å². The highest BCUT2D eigenvalue weighted by molar-refractivity contribution is 6.43. The normalized spacial score (nSPS) is 21.8. The number of aliphatic hydroxyl groups is 1. The number of ketones is 1. The minimum Gasteiger partial charge on any atom is -0.507 e. The van der Waals surface area contributed by atoms with E-state index < -0.39 is 33.8 Å². The van der Waals surface area contributed by atoms with Gasteiger partial charge < -0.3 is 20.1 Å². The lowest BCUT2D eigenvalue weighted by atomic mass is 9.90. The number of phenols is 2. The summed E-state index contributed by atoms with van der Waals surface area (Å²) in [4.78, 5) is 12.2. The molecule has 1 atom stereocenters. The van der Waals surface area contributed by atoms with Gasteiger partial charge in [-0.1, -0.05) is 11.6 Å². The van der Waals surface area contributed by atoms with Crippen LogP contribution < -0.4 is 15.5 Å². The summed E-state index contributed by atoms with van der Waals surface area (Å²) < 4.78 is 5.12. The van der Waals surface area contributed by atoms with Crippen molar-refractivity contribution >= 4 is 30.7 Å². The monoisotopic (exact) mass is 297 g/mol. The highest BCUT2D eigenvalue weighted by Crippen LogP contribution is 2.45. The van der Waals surface area contributed by atoms with E-state index in [1.807, 2.05) is 0 Å². The van der Waals surface area contributed by atoms with Gasteiger partial charge in [-0.25, -0.2) is 5.32 Å². The largest absolute Gasteiger partial charge is 0.507 e. The Morgan fingerprint density at radius 3 is 2.35 bits per heavy atom. The van der Waals surface area contributed by atoms with Gasteiger partial charge in [0.25, 0.3) is 5.78 Å². The molecule has 0 saturated carbocycles. The summed E-state index contributed by atoms with van der Waals surface area (Å²) in [7, 11) is 5.59. The van der Waals surface area contributed by atoms with E-state index in [9.17, 15) is 20.1 Å². The third-order valence-electron chi connectivity index (χ3n) is 2.71. The fourth-order valence-corrected chi connectivity index (χ4v) is 2.16. The maximum atomic E-state index is 12.2. The summed E-state index contributed by atoms with van der Waals surface area (Å²) >= 11 is 5.67. The Bertz CT molecular complexity index is 613. The molecule has 2 radical (unpaired) electrons. The fourth-order valence-electron chi connectivity index (χ4n) is 1.96. The van der Waals surface area contributed by atoms with E-state index >= 15 is 0 Å². The average Bonchev–Trinajstić information content (AvgIpc) is 2.55. The van der Waals surface area contributed by atoms with Crippen LogP contribution in [0.15, 0.2) is 0 Å². The van der Waals surface area contributed by atoms with Gasteiger partial charge in [0.15, 0.2) is 5.75 Å². The maximum absolute atomic E-state index is 12.2. The van der Waals surface area contributed by atoms with Gasteiger partial charge in [-0.2, -0.15) is 0 Å². The Labute approximate surface area is 121 Å². The van der Waals surface area contributed by atoms with Crippen LogP contribution in [0, 0.1) is 0 Å². The standard InChI is InChI=1S/C12H13BClNO5/c1-11(2,3)15-12(19)10(18)4-7(16)6(14)8(17)5(13)9(4)20-12/h15-17,19H,1-3H3. The number of rotatable bonds is 1. The van der Waals surface area contributed by atoms with Gasteiger partial charge in [0.2, 0.25) is 0 Å². The van der Waals surface area contributed by atoms with Crippen molar-refractivity contribution in [2.24, 2.45) is 0 Å². The van der Waals surface area contributed by atoms with E-state index in [0.717, 1.165) is 0 Å². The number of nitrogens with one attached hydrogen (secondary N) is 1. The predicted octanol–water partition coefficient (Wildman–Crippen LogP) is 0.154. The van der Waals surface area contributed by atoms with Crippen molar-refractivity contribution in [1.29, 1.82) is 0 Å². The van der Waals surface area contributed by atoms with E-state index in [2.05, 4.69) is 5.32 Å². The first-order valence-electron chi connectivity index (χ1n) is 5.76. The smallest absolute Gasteiger partial charge is 0.336 e. The van der Waals surface area contributed by atoms with Gasteiger partial charge in [-0.3, -0.25) is 4.79 Å². The van der Waals surface area contributed by atoms with Crippen LogP contribution in [0.3, 0.4) is 0 Å². The summed E-state index contributed by atoms with van der Waals surface area (Å²) in [5, 5.41) is 31.8. The van der Waals surface area contributed by atoms with Crippen LogP contribution >= 0.6 is 11.6 Å². The molecule has 4 N–H and O–H groups in total. The molecule has 1 aliphatic rings. The average molecular weight is 298 g/mol. The lowest BCUT2D eigenvalue weighted by Crippen LogP contribution is -2.60. The highest BCUT2D eigenvalue weighted by atomic mass is 35.5. The molecule has 0 aromatic heterocycles. The second kappa shape index (κ2) is 4.28. The first-order valence-corrected chi connectivity index (χ1v) is 6.14. The Balaban J connectivity index is 2.60. The molecule has 1 unspecified atom stereocenters. The van der Waals surface area contributed by atoms with Crippen molar-refractivity contribution in [3.63, 3.8) is 0 Å². The van der Waals surface area contributed by atoms with Crippen LogP contribution in [0.25, 0.3) is 0 Å². The topological polar surface area (TPSA) is 99.0 Å². The Morgan fingerprint density at radius 1 is 1.30 bits per heavy atom. The molecular formula is C12H13BClNO5. The van der Waals surface area contributed by atoms with E-state index in [-0.39, 0.29) is 16.8 Å². The maximum Gasteiger partial charge on any atom is 0.336 e. The molecule has 6 nitrogen and oxygen atoms in total. The first-order chi connectivity index (χ1) is 8.98. The minimum absolute atomic E-state index is 0.311. The number of halogens is 1. The second-order valence-corrected chi connectivity index (χ2v) is 5.96. The molecule has 0 bridgehead atoms. The molecule has 20 heavy (non-hydrogen) atoms. The van der Waals surface area contributed by atoms with Crippen LogP contribution in [0.5, 0.6) is 17.2 Å². The van der Waals surface area contributed by atoms with E-state index in [4.69, 9.17) is 24.2 Å². The molecule has 0 aliphatic carbocycles. The summed E-state index contributed by atoms with van der Waals surface area (Å²) in [5.74, 6) is -4.94. The summed E-state index contributed by atoms with van der Waals surface area (Å²) in [6.45, 7) is 5.12.